The van der Waals surface area contributed by atoms with E-state index >= 15 is 0 Å². The van der Waals surface area contributed by atoms with Crippen LogP contribution in [-0.2, 0) is 18.4 Å². The number of hydrogen-bond donors (Lipinski definition) is 0. The Morgan fingerprint density at radius 1 is 1.58 bits per heavy atom. The van der Waals surface area contributed by atoms with E-state index in [9.17, 15) is 4.79 Å². The number of aromatic nitrogens is 3. The van der Waals surface area contributed by atoms with Gasteiger partial charge in [-0.3, -0.25) is 9.48 Å². The first-order valence-corrected chi connectivity index (χ1v) is 6.75. The Balaban J connectivity index is 1.94. The Kier molecular flexibility index (Phi) is 4.11. The summed E-state index contributed by atoms with van der Waals surface area (Å²) < 4.78 is 1.72. The van der Waals surface area contributed by atoms with Crippen LogP contribution in [0.5, 0.6) is 0 Å². The Morgan fingerprint density at radius 2 is 2.37 bits per heavy atom. The number of nitrogens with zero attached hydrogens (tertiary/aromatic N) is 4. The Labute approximate surface area is 116 Å². The monoisotopic (exact) mass is 276 g/mol. The van der Waals surface area contributed by atoms with Crippen LogP contribution in [0.4, 0.5) is 0 Å². The van der Waals surface area contributed by atoms with Gasteiger partial charge in [-0.25, -0.2) is 4.98 Å². The average molecular weight is 276 g/mol. The lowest BCUT2D eigenvalue weighted by molar-refractivity contribution is -0.125. The molecule has 0 radical (unpaired) electrons. The number of carbonyl (C=O) groups is 1. The number of rotatable bonds is 4. The fraction of sp³-hybridized carbons (Fsp3) is 0.308. The quantitative estimate of drug-likeness (QED) is 0.801. The highest BCUT2D eigenvalue weighted by molar-refractivity contribution is 7.09. The summed E-state index contributed by atoms with van der Waals surface area (Å²) in [6.07, 6.45) is 6.95. The van der Waals surface area contributed by atoms with Gasteiger partial charge < -0.3 is 4.90 Å². The molecule has 0 N–H and O–H groups in total. The number of carbonyl (C=O) groups excluding carboxylic acids is 1. The molecule has 5 nitrogen and oxygen atoms in total. The van der Waals surface area contributed by atoms with Crippen LogP contribution in [-0.4, -0.2) is 32.6 Å². The van der Waals surface area contributed by atoms with E-state index in [0.29, 0.717) is 6.54 Å². The lowest BCUT2D eigenvalue weighted by atomic mass is 10.3. The standard InChI is InChI=1S/C13H16N4OS/c1-10-15-12(9-19-10)4-5-13(18)16(2)7-11-6-14-17(3)8-11/h4-6,8-9H,7H2,1-3H3/b5-4+. The number of thiazole rings is 1. The molecule has 1 amide bonds. The van der Waals surface area contributed by atoms with E-state index in [1.54, 1.807) is 46.3 Å². The molecule has 0 aromatic carbocycles. The fourth-order valence-corrected chi connectivity index (χ4v) is 2.23. The third-order valence-electron chi connectivity index (χ3n) is 2.59. The van der Waals surface area contributed by atoms with Crippen molar-refractivity contribution in [3.8, 4) is 0 Å². The minimum atomic E-state index is -0.0468. The maximum Gasteiger partial charge on any atom is 0.246 e. The number of hydrogen-bond acceptors (Lipinski definition) is 4. The molecule has 2 heterocycles. The van der Waals surface area contributed by atoms with Gasteiger partial charge in [0.15, 0.2) is 0 Å². The van der Waals surface area contributed by atoms with Gasteiger partial charge in [0.2, 0.25) is 5.91 Å². The molecule has 0 fully saturated rings. The van der Waals surface area contributed by atoms with Crippen LogP contribution in [0.15, 0.2) is 23.8 Å². The summed E-state index contributed by atoms with van der Waals surface area (Å²) in [6.45, 7) is 2.49. The van der Waals surface area contributed by atoms with Gasteiger partial charge in [-0.05, 0) is 13.0 Å². The van der Waals surface area contributed by atoms with E-state index in [-0.39, 0.29) is 5.91 Å². The molecular formula is C13H16N4OS. The SMILES string of the molecule is Cc1nc(/C=C/C(=O)N(C)Cc2cnn(C)c2)cs1. The van der Waals surface area contributed by atoms with Crippen molar-refractivity contribution in [2.24, 2.45) is 7.05 Å². The van der Waals surface area contributed by atoms with E-state index in [1.165, 1.54) is 0 Å². The first-order chi connectivity index (χ1) is 9.04. The van der Waals surface area contributed by atoms with Gasteiger partial charge in [-0.15, -0.1) is 11.3 Å². The number of likely N-dealkylation sites (N-methyl/N-ethyl adjacent to an activating group) is 1. The van der Waals surface area contributed by atoms with Gasteiger partial charge in [0.05, 0.1) is 16.9 Å². The summed E-state index contributed by atoms with van der Waals surface area (Å²) in [5.74, 6) is -0.0468. The van der Waals surface area contributed by atoms with Gasteiger partial charge in [0.25, 0.3) is 0 Å². The average Bonchev–Trinajstić information content (AvgIpc) is 2.95. The molecule has 6 heteroatoms. The van der Waals surface area contributed by atoms with E-state index in [2.05, 4.69) is 10.1 Å². The normalized spacial score (nSPS) is 11.1. The molecule has 0 atom stereocenters. The van der Waals surface area contributed by atoms with Crippen LogP contribution in [0.1, 0.15) is 16.3 Å². The largest absolute Gasteiger partial charge is 0.338 e. The van der Waals surface area contributed by atoms with Crippen molar-refractivity contribution in [2.45, 2.75) is 13.5 Å². The third kappa shape index (κ3) is 3.75. The number of amides is 1. The van der Waals surface area contributed by atoms with E-state index in [1.807, 2.05) is 25.5 Å². The maximum absolute atomic E-state index is 11.9. The highest BCUT2D eigenvalue weighted by Crippen LogP contribution is 2.09. The van der Waals surface area contributed by atoms with Gasteiger partial charge in [-0.1, -0.05) is 0 Å². The van der Waals surface area contributed by atoms with Crippen LogP contribution in [0.2, 0.25) is 0 Å². The summed E-state index contributed by atoms with van der Waals surface area (Å²) in [5.41, 5.74) is 1.84. The lowest BCUT2D eigenvalue weighted by Gasteiger charge is -2.13. The van der Waals surface area contributed by atoms with E-state index < -0.39 is 0 Å². The molecule has 2 rings (SSSR count). The first-order valence-electron chi connectivity index (χ1n) is 5.87. The lowest BCUT2D eigenvalue weighted by Crippen LogP contribution is -2.23. The molecule has 0 aliphatic heterocycles. The number of aryl methyl sites for hydroxylation is 2. The molecule has 0 saturated heterocycles. The minimum absolute atomic E-state index is 0.0468. The fourth-order valence-electron chi connectivity index (χ4n) is 1.65. The summed E-state index contributed by atoms with van der Waals surface area (Å²) in [7, 11) is 3.63. The van der Waals surface area contributed by atoms with Crippen LogP contribution < -0.4 is 0 Å². The molecule has 0 spiro atoms. The summed E-state index contributed by atoms with van der Waals surface area (Å²) in [4.78, 5) is 17.8. The van der Waals surface area contributed by atoms with Crippen LogP contribution >= 0.6 is 11.3 Å². The molecule has 0 saturated carbocycles. The van der Waals surface area contributed by atoms with Crippen molar-refractivity contribution in [3.05, 3.63) is 40.1 Å². The molecule has 0 aliphatic rings. The van der Waals surface area contributed by atoms with Crippen LogP contribution in [0, 0.1) is 6.92 Å². The van der Waals surface area contributed by atoms with Crippen molar-refractivity contribution in [2.75, 3.05) is 7.05 Å². The predicted molar refractivity (Wildman–Crippen MR) is 75.6 cm³/mol. The third-order valence-corrected chi connectivity index (χ3v) is 3.38. The van der Waals surface area contributed by atoms with Crippen molar-refractivity contribution in [1.29, 1.82) is 0 Å². The topological polar surface area (TPSA) is 51.0 Å². The second kappa shape index (κ2) is 5.79. The zero-order valence-electron chi connectivity index (χ0n) is 11.2. The molecule has 2 aromatic rings. The van der Waals surface area contributed by atoms with Crippen LogP contribution in [0.3, 0.4) is 0 Å². The zero-order chi connectivity index (χ0) is 13.8. The molecule has 2 aromatic heterocycles. The second-order valence-corrected chi connectivity index (χ2v) is 5.40. The predicted octanol–water partition coefficient (Wildman–Crippen LogP) is 1.86. The van der Waals surface area contributed by atoms with Gasteiger partial charge in [-0.2, -0.15) is 5.10 Å². The first kappa shape index (κ1) is 13.5. The Hall–Kier alpha value is -1.95. The summed E-state index contributed by atoms with van der Waals surface area (Å²) in [5, 5.41) is 7.00. The van der Waals surface area contributed by atoms with E-state index in [4.69, 9.17) is 0 Å². The smallest absolute Gasteiger partial charge is 0.246 e. The van der Waals surface area contributed by atoms with Gasteiger partial charge in [0.1, 0.15) is 0 Å². The minimum Gasteiger partial charge on any atom is -0.338 e. The van der Waals surface area contributed by atoms with E-state index in [0.717, 1.165) is 16.3 Å². The highest BCUT2D eigenvalue weighted by atomic mass is 32.1. The molecule has 0 bridgehead atoms. The molecule has 100 valence electrons. The van der Waals surface area contributed by atoms with Crippen molar-refractivity contribution < 1.29 is 4.79 Å². The molecule has 0 aliphatic carbocycles. The van der Waals surface area contributed by atoms with Crippen LogP contribution in [0.25, 0.3) is 6.08 Å². The van der Waals surface area contributed by atoms with Crippen molar-refractivity contribution >= 4 is 23.3 Å². The Morgan fingerprint density at radius 3 is 2.95 bits per heavy atom. The second-order valence-electron chi connectivity index (χ2n) is 4.34. The van der Waals surface area contributed by atoms with Crippen molar-refractivity contribution in [1.82, 2.24) is 19.7 Å². The maximum atomic E-state index is 11.9. The van der Waals surface area contributed by atoms with Crippen molar-refractivity contribution in [3.63, 3.8) is 0 Å². The van der Waals surface area contributed by atoms with Gasteiger partial charge >= 0.3 is 0 Å². The van der Waals surface area contributed by atoms with Gasteiger partial charge in [0, 0.05) is 43.9 Å². The molecular weight excluding hydrogens is 260 g/mol. The summed E-state index contributed by atoms with van der Waals surface area (Å²) in [6, 6.07) is 0. The Bertz CT molecular complexity index is 599. The molecule has 19 heavy (non-hydrogen) atoms. The highest BCUT2D eigenvalue weighted by Gasteiger charge is 2.07. The summed E-state index contributed by atoms with van der Waals surface area (Å²) >= 11 is 1.57. The zero-order valence-corrected chi connectivity index (χ0v) is 12.0. The molecule has 0 unspecified atom stereocenters.